The van der Waals surface area contributed by atoms with E-state index < -0.39 is 0 Å². The fraction of sp³-hybridized carbons (Fsp3) is 0.250. The zero-order valence-corrected chi connectivity index (χ0v) is 8.99. The molecule has 0 saturated carbocycles. The Labute approximate surface area is 89.5 Å². The number of benzene rings is 1. The Balaban J connectivity index is 2.54. The Morgan fingerprint density at radius 1 is 1.33 bits per heavy atom. The summed E-state index contributed by atoms with van der Waals surface area (Å²) >= 11 is 0. The largest absolute Gasteiger partial charge is 0.458 e. The molecule has 0 fully saturated rings. The van der Waals surface area contributed by atoms with Crippen LogP contribution in [0.1, 0.15) is 24.2 Å². The van der Waals surface area contributed by atoms with Gasteiger partial charge < -0.3 is 10.5 Å². The van der Waals surface area contributed by atoms with Crippen molar-refractivity contribution in [2.45, 2.75) is 13.8 Å². The predicted molar refractivity (Wildman–Crippen MR) is 60.6 cm³/mol. The van der Waals surface area contributed by atoms with E-state index in [-0.39, 0.29) is 5.97 Å². The van der Waals surface area contributed by atoms with E-state index in [1.807, 2.05) is 19.9 Å². The number of carbonyl (C=O) groups excluding carboxylic acids is 1. The van der Waals surface area contributed by atoms with Crippen molar-refractivity contribution < 1.29 is 9.53 Å². The summed E-state index contributed by atoms with van der Waals surface area (Å²) in [6, 6.07) is 6.66. The molecule has 2 N–H and O–H groups in total. The Morgan fingerprint density at radius 3 is 2.47 bits per heavy atom. The van der Waals surface area contributed by atoms with Crippen molar-refractivity contribution in [3.63, 3.8) is 0 Å². The van der Waals surface area contributed by atoms with E-state index in [9.17, 15) is 4.79 Å². The van der Waals surface area contributed by atoms with Crippen LogP contribution in [-0.4, -0.2) is 12.6 Å². The molecular weight excluding hydrogens is 190 g/mol. The van der Waals surface area contributed by atoms with Gasteiger partial charge in [0, 0.05) is 5.69 Å². The monoisotopic (exact) mass is 205 g/mol. The molecule has 0 atom stereocenters. The zero-order valence-electron chi connectivity index (χ0n) is 8.99. The van der Waals surface area contributed by atoms with Crippen LogP contribution in [0, 0.1) is 0 Å². The number of anilines is 1. The van der Waals surface area contributed by atoms with E-state index in [1.54, 1.807) is 24.3 Å². The highest BCUT2D eigenvalue weighted by Gasteiger charge is 2.04. The minimum absolute atomic E-state index is 0.311. The highest BCUT2D eigenvalue weighted by molar-refractivity contribution is 5.89. The number of allylic oxidation sites excluding steroid dienone is 1. The van der Waals surface area contributed by atoms with E-state index in [2.05, 4.69) is 0 Å². The van der Waals surface area contributed by atoms with Crippen LogP contribution in [0.4, 0.5) is 5.69 Å². The smallest absolute Gasteiger partial charge is 0.338 e. The first-order valence-electron chi connectivity index (χ1n) is 4.75. The van der Waals surface area contributed by atoms with Gasteiger partial charge in [-0.2, -0.15) is 0 Å². The first-order chi connectivity index (χ1) is 7.09. The molecular formula is C12H15NO2. The average molecular weight is 205 g/mol. The molecule has 0 aromatic heterocycles. The van der Waals surface area contributed by atoms with E-state index >= 15 is 0 Å². The summed E-state index contributed by atoms with van der Waals surface area (Å²) in [5.41, 5.74) is 7.78. The van der Waals surface area contributed by atoms with Gasteiger partial charge >= 0.3 is 5.97 Å². The van der Waals surface area contributed by atoms with Crippen molar-refractivity contribution in [1.29, 1.82) is 0 Å². The summed E-state index contributed by atoms with van der Waals surface area (Å²) in [5, 5.41) is 0. The standard InChI is InChI=1S/C12H15NO2/c1-9(2)7-8-15-12(14)10-3-5-11(13)6-4-10/h3-7H,8,13H2,1-2H3. The fourth-order valence-corrected chi connectivity index (χ4v) is 0.987. The van der Waals surface area contributed by atoms with Crippen LogP contribution in [0.3, 0.4) is 0 Å². The van der Waals surface area contributed by atoms with Gasteiger partial charge in [0.25, 0.3) is 0 Å². The molecule has 0 aliphatic carbocycles. The zero-order chi connectivity index (χ0) is 11.3. The van der Waals surface area contributed by atoms with Gasteiger partial charge in [-0.25, -0.2) is 4.79 Å². The molecule has 1 aromatic rings. The Hall–Kier alpha value is -1.77. The van der Waals surface area contributed by atoms with Gasteiger partial charge in [-0.15, -0.1) is 0 Å². The van der Waals surface area contributed by atoms with Crippen LogP contribution in [0.2, 0.25) is 0 Å². The Morgan fingerprint density at radius 2 is 1.93 bits per heavy atom. The second-order valence-corrected chi connectivity index (χ2v) is 3.50. The highest BCUT2D eigenvalue weighted by atomic mass is 16.5. The molecule has 0 bridgehead atoms. The van der Waals surface area contributed by atoms with Gasteiger partial charge in [-0.1, -0.05) is 5.57 Å². The average Bonchev–Trinajstić information content (AvgIpc) is 2.18. The van der Waals surface area contributed by atoms with Gasteiger partial charge in [0.1, 0.15) is 6.61 Å². The third-order valence-electron chi connectivity index (χ3n) is 1.85. The molecule has 1 aromatic carbocycles. The summed E-state index contributed by atoms with van der Waals surface area (Å²) < 4.78 is 5.02. The summed E-state index contributed by atoms with van der Waals surface area (Å²) in [6.07, 6.45) is 1.86. The number of carbonyl (C=O) groups is 1. The molecule has 0 aliphatic heterocycles. The second-order valence-electron chi connectivity index (χ2n) is 3.50. The highest BCUT2D eigenvalue weighted by Crippen LogP contribution is 2.06. The summed E-state index contributed by atoms with van der Waals surface area (Å²) in [7, 11) is 0. The molecule has 15 heavy (non-hydrogen) atoms. The van der Waals surface area contributed by atoms with Gasteiger partial charge in [-0.3, -0.25) is 0 Å². The normalized spacial score (nSPS) is 9.47. The van der Waals surface area contributed by atoms with E-state index in [4.69, 9.17) is 10.5 Å². The molecule has 3 nitrogen and oxygen atoms in total. The van der Waals surface area contributed by atoms with Gasteiger partial charge in [-0.05, 0) is 44.2 Å². The SMILES string of the molecule is CC(C)=CCOC(=O)c1ccc(N)cc1. The number of esters is 1. The molecule has 0 aliphatic rings. The van der Waals surface area contributed by atoms with Crippen LogP contribution in [0.25, 0.3) is 0 Å². The van der Waals surface area contributed by atoms with Gasteiger partial charge in [0.2, 0.25) is 0 Å². The third kappa shape index (κ3) is 3.85. The predicted octanol–water partition coefficient (Wildman–Crippen LogP) is 2.39. The van der Waals surface area contributed by atoms with Crippen LogP contribution in [0.15, 0.2) is 35.9 Å². The maximum atomic E-state index is 11.4. The molecule has 0 radical (unpaired) electrons. The van der Waals surface area contributed by atoms with E-state index in [0.717, 1.165) is 5.57 Å². The Bertz CT molecular complexity index is 362. The van der Waals surface area contributed by atoms with Crippen molar-refractivity contribution in [1.82, 2.24) is 0 Å². The maximum absolute atomic E-state index is 11.4. The molecule has 0 saturated heterocycles. The third-order valence-corrected chi connectivity index (χ3v) is 1.85. The molecule has 0 spiro atoms. The van der Waals surface area contributed by atoms with Crippen molar-refractivity contribution in [3.05, 3.63) is 41.5 Å². The van der Waals surface area contributed by atoms with Crippen molar-refractivity contribution in [2.24, 2.45) is 0 Å². The first-order valence-corrected chi connectivity index (χ1v) is 4.75. The lowest BCUT2D eigenvalue weighted by molar-refractivity contribution is 0.0549. The van der Waals surface area contributed by atoms with Crippen LogP contribution in [0.5, 0.6) is 0 Å². The lowest BCUT2D eigenvalue weighted by Gasteiger charge is -2.02. The summed E-state index contributed by atoms with van der Waals surface area (Å²) in [4.78, 5) is 11.4. The molecule has 0 unspecified atom stereocenters. The number of rotatable bonds is 3. The fourth-order valence-electron chi connectivity index (χ4n) is 0.987. The summed E-state index contributed by atoms with van der Waals surface area (Å²) in [5.74, 6) is -0.326. The van der Waals surface area contributed by atoms with Crippen molar-refractivity contribution in [3.8, 4) is 0 Å². The number of nitrogens with two attached hydrogens (primary N) is 1. The van der Waals surface area contributed by atoms with Crippen molar-refractivity contribution >= 4 is 11.7 Å². The Kier molecular flexibility index (Phi) is 3.92. The lowest BCUT2D eigenvalue weighted by Crippen LogP contribution is -2.05. The molecule has 1 rings (SSSR count). The molecule has 0 heterocycles. The number of hydrogen-bond donors (Lipinski definition) is 1. The minimum Gasteiger partial charge on any atom is -0.458 e. The van der Waals surface area contributed by atoms with E-state index in [0.29, 0.717) is 17.9 Å². The van der Waals surface area contributed by atoms with Gasteiger partial charge in [0.15, 0.2) is 0 Å². The lowest BCUT2D eigenvalue weighted by atomic mass is 10.2. The number of hydrogen-bond acceptors (Lipinski definition) is 3. The molecule has 3 heteroatoms. The summed E-state index contributed by atoms with van der Waals surface area (Å²) in [6.45, 7) is 4.22. The van der Waals surface area contributed by atoms with E-state index in [1.165, 1.54) is 0 Å². The number of nitrogen functional groups attached to an aromatic ring is 1. The number of ether oxygens (including phenoxy) is 1. The van der Waals surface area contributed by atoms with Crippen LogP contribution < -0.4 is 5.73 Å². The molecule has 0 amide bonds. The second kappa shape index (κ2) is 5.20. The van der Waals surface area contributed by atoms with Crippen molar-refractivity contribution in [2.75, 3.05) is 12.3 Å². The topological polar surface area (TPSA) is 52.3 Å². The molecule has 80 valence electrons. The van der Waals surface area contributed by atoms with Crippen LogP contribution >= 0.6 is 0 Å². The van der Waals surface area contributed by atoms with Crippen LogP contribution in [-0.2, 0) is 4.74 Å². The first kappa shape index (κ1) is 11.3. The maximum Gasteiger partial charge on any atom is 0.338 e. The minimum atomic E-state index is -0.326. The van der Waals surface area contributed by atoms with Gasteiger partial charge in [0.05, 0.1) is 5.56 Å². The quantitative estimate of drug-likeness (QED) is 0.468.